The second kappa shape index (κ2) is 7.53. The van der Waals surface area contributed by atoms with Crippen LogP contribution in [0.5, 0.6) is 0 Å². The third-order valence-electron chi connectivity index (χ3n) is 3.18. The van der Waals surface area contributed by atoms with Gasteiger partial charge < -0.3 is 15.7 Å². The van der Waals surface area contributed by atoms with E-state index in [9.17, 15) is 18.0 Å². The second-order valence-electron chi connectivity index (χ2n) is 4.85. The second-order valence-corrected chi connectivity index (χ2v) is 4.85. The van der Waals surface area contributed by atoms with Gasteiger partial charge in [0, 0.05) is 17.7 Å². The summed E-state index contributed by atoms with van der Waals surface area (Å²) < 4.78 is 40.7. The fraction of sp³-hybridized carbons (Fsp3) is 0.118. The summed E-state index contributed by atoms with van der Waals surface area (Å²) >= 11 is 0. The summed E-state index contributed by atoms with van der Waals surface area (Å²) in [5.41, 5.74) is -0.0173. The van der Waals surface area contributed by atoms with Gasteiger partial charge in [-0.2, -0.15) is 0 Å². The molecule has 24 heavy (non-hydrogen) atoms. The predicted molar refractivity (Wildman–Crippen MR) is 82.5 cm³/mol. The summed E-state index contributed by atoms with van der Waals surface area (Å²) in [5, 5.41) is 13.4. The minimum atomic E-state index is -0.998. The van der Waals surface area contributed by atoms with E-state index in [2.05, 4.69) is 11.2 Å². The average molecular weight is 334 g/mol. The maximum Gasteiger partial charge on any atom is 0.319 e. The Kier molecular flexibility index (Phi) is 5.45. The van der Waals surface area contributed by atoms with Gasteiger partial charge in [0.2, 0.25) is 0 Å². The van der Waals surface area contributed by atoms with Crippen molar-refractivity contribution in [2.75, 3.05) is 5.32 Å². The van der Waals surface area contributed by atoms with E-state index >= 15 is 0 Å². The number of halogens is 3. The zero-order valence-electron chi connectivity index (χ0n) is 12.4. The fourth-order valence-electron chi connectivity index (χ4n) is 1.98. The average Bonchev–Trinajstić information content (AvgIpc) is 2.57. The van der Waals surface area contributed by atoms with Crippen molar-refractivity contribution in [2.45, 2.75) is 13.2 Å². The molecule has 124 valence electrons. The number of benzene rings is 2. The fourth-order valence-corrected chi connectivity index (χ4v) is 1.98. The first-order valence-electron chi connectivity index (χ1n) is 6.83. The minimum absolute atomic E-state index is 0.0128. The Morgan fingerprint density at radius 3 is 2.38 bits per heavy atom. The van der Waals surface area contributed by atoms with E-state index < -0.39 is 35.8 Å². The minimum Gasteiger partial charge on any atom is -0.392 e. The van der Waals surface area contributed by atoms with Gasteiger partial charge in [-0.15, -0.1) is 6.42 Å². The van der Waals surface area contributed by atoms with Crippen LogP contribution in [0.4, 0.5) is 23.7 Å². The molecule has 0 unspecified atom stereocenters. The zero-order valence-corrected chi connectivity index (χ0v) is 12.4. The number of carbonyl (C=O) groups excluding carboxylic acids is 1. The summed E-state index contributed by atoms with van der Waals surface area (Å²) in [6.45, 7) is -0.505. The number of amides is 2. The van der Waals surface area contributed by atoms with Crippen molar-refractivity contribution in [3.05, 3.63) is 64.5 Å². The van der Waals surface area contributed by atoms with Crippen LogP contribution < -0.4 is 10.6 Å². The van der Waals surface area contributed by atoms with Crippen molar-refractivity contribution in [1.82, 2.24) is 5.32 Å². The van der Waals surface area contributed by atoms with Crippen molar-refractivity contribution in [1.29, 1.82) is 0 Å². The lowest BCUT2D eigenvalue weighted by molar-refractivity contribution is 0.251. The molecule has 0 heterocycles. The summed E-state index contributed by atoms with van der Waals surface area (Å²) in [4.78, 5) is 11.7. The van der Waals surface area contributed by atoms with E-state index in [1.54, 1.807) is 0 Å². The lowest BCUT2D eigenvalue weighted by Crippen LogP contribution is -2.29. The summed E-state index contributed by atoms with van der Waals surface area (Å²) in [6, 6.07) is 4.93. The zero-order chi connectivity index (χ0) is 17.7. The molecule has 0 saturated carbocycles. The van der Waals surface area contributed by atoms with E-state index in [0.717, 1.165) is 18.2 Å². The van der Waals surface area contributed by atoms with E-state index in [-0.39, 0.29) is 17.7 Å². The molecule has 3 N–H and O–H groups in total. The Hall–Kier alpha value is -2.98. The molecule has 2 rings (SSSR count). The maximum absolute atomic E-state index is 13.7. The number of urea groups is 1. The first-order chi connectivity index (χ1) is 11.4. The molecule has 0 atom stereocenters. The molecule has 0 spiro atoms. The molecule has 2 amide bonds. The Bertz CT molecular complexity index is 793. The highest BCUT2D eigenvalue weighted by molar-refractivity contribution is 5.89. The first kappa shape index (κ1) is 17.4. The Morgan fingerprint density at radius 1 is 1.12 bits per heavy atom. The number of hydrogen-bond donors (Lipinski definition) is 3. The standard InChI is InChI=1S/C17H13F3N2O2/c1-2-10-6-14(19)16(15(20)7-10)22-17(24)21-8-11-3-4-13(18)12(5-11)9-23/h1,3-7,23H,8-9H2,(H2,21,22,24). The number of nitrogens with one attached hydrogen (secondary N) is 2. The van der Waals surface area contributed by atoms with Gasteiger partial charge in [-0.25, -0.2) is 18.0 Å². The molecule has 0 aliphatic rings. The Morgan fingerprint density at radius 2 is 1.79 bits per heavy atom. The van der Waals surface area contributed by atoms with Crippen LogP contribution >= 0.6 is 0 Å². The number of aliphatic hydroxyl groups is 1. The quantitative estimate of drug-likeness (QED) is 0.753. The molecule has 0 radical (unpaired) electrons. The predicted octanol–water partition coefficient (Wildman–Crippen LogP) is 2.90. The molecule has 0 aromatic heterocycles. The number of aliphatic hydroxyl groups excluding tert-OH is 1. The molecule has 0 bridgehead atoms. The highest BCUT2D eigenvalue weighted by Crippen LogP contribution is 2.20. The van der Waals surface area contributed by atoms with Gasteiger partial charge in [0.1, 0.15) is 11.5 Å². The van der Waals surface area contributed by atoms with Crippen LogP contribution in [-0.2, 0) is 13.2 Å². The monoisotopic (exact) mass is 334 g/mol. The smallest absolute Gasteiger partial charge is 0.319 e. The summed E-state index contributed by atoms with van der Waals surface area (Å²) in [6.07, 6.45) is 5.06. The molecule has 0 aliphatic heterocycles. The highest BCUT2D eigenvalue weighted by atomic mass is 19.1. The van der Waals surface area contributed by atoms with Gasteiger partial charge in [-0.3, -0.25) is 0 Å². The summed E-state index contributed by atoms with van der Waals surface area (Å²) in [5.74, 6) is -0.470. The molecule has 2 aromatic carbocycles. The van der Waals surface area contributed by atoms with Gasteiger partial charge in [0.25, 0.3) is 0 Å². The molecule has 0 saturated heterocycles. The highest BCUT2D eigenvalue weighted by Gasteiger charge is 2.13. The van der Waals surface area contributed by atoms with E-state index in [1.807, 2.05) is 5.32 Å². The van der Waals surface area contributed by atoms with Crippen LogP contribution in [-0.4, -0.2) is 11.1 Å². The lowest BCUT2D eigenvalue weighted by atomic mass is 10.1. The summed E-state index contributed by atoms with van der Waals surface area (Å²) in [7, 11) is 0. The van der Waals surface area contributed by atoms with Crippen molar-refractivity contribution >= 4 is 11.7 Å². The maximum atomic E-state index is 13.7. The topological polar surface area (TPSA) is 61.4 Å². The van der Waals surface area contributed by atoms with E-state index in [1.165, 1.54) is 12.1 Å². The van der Waals surface area contributed by atoms with Crippen molar-refractivity contribution < 1.29 is 23.1 Å². The number of terminal acetylenes is 1. The molecule has 0 fully saturated rings. The number of hydrogen-bond acceptors (Lipinski definition) is 2. The van der Waals surface area contributed by atoms with Crippen molar-refractivity contribution in [2.24, 2.45) is 0 Å². The van der Waals surface area contributed by atoms with Crippen LogP contribution in [0.1, 0.15) is 16.7 Å². The molecule has 7 heteroatoms. The Labute approximate surface area is 136 Å². The number of carbonyl (C=O) groups is 1. The normalized spacial score (nSPS) is 10.1. The number of rotatable bonds is 4. The van der Waals surface area contributed by atoms with E-state index in [4.69, 9.17) is 11.5 Å². The number of anilines is 1. The van der Waals surface area contributed by atoms with Crippen molar-refractivity contribution in [3.8, 4) is 12.3 Å². The van der Waals surface area contributed by atoms with Crippen LogP contribution in [0.2, 0.25) is 0 Å². The molecule has 4 nitrogen and oxygen atoms in total. The van der Waals surface area contributed by atoms with Crippen LogP contribution in [0, 0.1) is 29.8 Å². The molecular weight excluding hydrogens is 321 g/mol. The SMILES string of the molecule is C#Cc1cc(F)c(NC(=O)NCc2ccc(F)c(CO)c2)c(F)c1. The van der Waals surface area contributed by atoms with Gasteiger partial charge in [-0.05, 0) is 29.8 Å². The molecule has 0 aliphatic carbocycles. The van der Waals surface area contributed by atoms with Crippen LogP contribution in [0.15, 0.2) is 30.3 Å². The van der Waals surface area contributed by atoms with Crippen LogP contribution in [0.3, 0.4) is 0 Å². The molecular formula is C17H13F3N2O2. The third-order valence-corrected chi connectivity index (χ3v) is 3.18. The van der Waals surface area contributed by atoms with E-state index in [0.29, 0.717) is 5.56 Å². The molecule has 2 aromatic rings. The third kappa shape index (κ3) is 4.06. The largest absolute Gasteiger partial charge is 0.392 e. The first-order valence-corrected chi connectivity index (χ1v) is 6.83. The van der Waals surface area contributed by atoms with Crippen molar-refractivity contribution in [3.63, 3.8) is 0 Å². The van der Waals surface area contributed by atoms with Gasteiger partial charge >= 0.3 is 6.03 Å². The van der Waals surface area contributed by atoms with Crippen LogP contribution in [0.25, 0.3) is 0 Å². The Balaban J connectivity index is 2.03. The van der Waals surface area contributed by atoms with Gasteiger partial charge in [-0.1, -0.05) is 12.0 Å². The lowest BCUT2D eigenvalue weighted by Gasteiger charge is -2.10. The van der Waals surface area contributed by atoms with Gasteiger partial charge in [0.05, 0.1) is 6.61 Å². The van der Waals surface area contributed by atoms with Gasteiger partial charge in [0.15, 0.2) is 11.6 Å².